The smallest absolute Gasteiger partial charge is 0.257 e. The van der Waals surface area contributed by atoms with E-state index in [-0.39, 0.29) is 23.5 Å². The zero-order valence-corrected chi connectivity index (χ0v) is 21.7. The summed E-state index contributed by atoms with van der Waals surface area (Å²) in [4.78, 5) is 55.3. The molecule has 0 bridgehead atoms. The van der Waals surface area contributed by atoms with Crippen LogP contribution in [0.1, 0.15) is 43.9 Å². The molecule has 5 N–H and O–H groups in total. The minimum Gasteiger partial charge on any atom is -0.366 e. The molecule has 2 aromatic carbocycles. The van der Waals surface area contributed by atoms with Gasteiger partial charge in [0.25, 0.3) is 17.7 Å². The van der Waals surface area contributed by atoms with E-state index in [0.29, 0.717) is 41.2 Å². The van der Waals surface area contributed by atoms with Gasteiger partial charge in [0.1, 0.15) is 5.52 Å². The molecule has 11 nitrogen and oxygen atoms in total. The first kappa shape index (κ1) is 24.6. The van der Waals surface area contributed by atoms with Gasteiger partial charge in [-0.3, -0.25) is 19.7 Å². The number of fused-ring (bicyclic) bond motifs is 1. The number of H-pyrrole nitrogens is 1. The predicted molar refractivity (Wildman–Crippen MR) is 146 cm³/mol. The van der Waals surface area contributed by atoms with Crippen LogP contribution in [0.5, 0.6) is 0 Å². The maximum absolute atomic E-state index is 13.1. The molecule has 3 amide bonds. The highest BCUT2D eigenvalue weighted by Crippen LogP contribution is 2.20. The largest absolute Gasteiger partial charge is 0.366 e. The summed E-state index contributed by atoms with van der Waals surface area (Å²) >= 11 is 2.16. The number of rotatable bonds is 6. The van der Waals surface area contributed by atoms with E-state index in [4.69, 9.17) is 5.73 Å². The molecule has 0 saturated carbocycles. The molecule has 1 fully saturated rings. The molecule has 0 unspecified atom stereocenters. The van der Waals surface area contributed by atoms with E-state index < -0.39 is 11.8 Å². The first-order valence-electron chi connectivity index (χ1n) is 11.6. The molecule has 0 atom stereocenters. The number of piperidine rings is 1. The third-order valence-corrected chi connectivity index (χ3v) is 6.67. The number of hydrogen-bond donors (Lipinski definition) is 4. The molecule has 3 heterocycles. The van der Waals surface area contributed by atoms with Gasteiger partial charge < -0.3 is 20.9 Å². The molecule has 1 aliphatic rings. The van der Waals surface area contributed by atoms with Crippen molar-refractivity contribution in [3.8, 4) is 0 Å². The van der Waals surface area contributed by atoms with Crippen LogP contribution in [0.4, 0.5) is 11.9 Å². The van der Waals surface area contributed by atoms with Crippen LogP contribution in [0.25, 0.3) is 11.0 Å². The number of benzene rings is 2. The number of para-hydroxylation sites is 1. The van der Waals surface area contributed by atoms with Crippen LogP contribution in [-0.2, 0) is 0 Å². The van der Waals surface area contributed by atoms with E-state index in [2.05, 4.69) is 53.2 Å². The van der Waals surface area contributed by atoms with Crippen LogP contribution >= 0.6 is 22.6 Å². The zero-order valence-electron chi connectivity index (χ0n) is 19.6. The number of aromatic nitrogens is 4. The van der Waals surface area contributed by atoms with Crippen molar-refractivity contribution in [2.45, 2.75) is 18.9 Å². The quantitative estimate of drug-likeness (QED) is 0.244. The van der Waals surface area contributed by atoms with E-state index in [1.807, 2.05) is 0 Å². The minimum atomic E-state index is -0.607. The van der Waals surface area contributed by atoms with Gasteiger partial charge >= 0.3 is 0 Å². The number of imidazole rings is 1. The van der Waals surface area contributed by atoms with Gasteiger partial charge in [0.15, 0.2) is 0 Å². The number of likely N-dealkylation sites (tertiary alicyclic amines) is 1. The topological polar surface area (TPSA) is 159 Å². The van der Waals surface area contributed by atoms with Crippen molar-refractivity contribution in [2.24, 2.45) is 5.73 Å². The SMILES string of the molecule is NC(=O)c1cccc2[nH]c(NC(=O)c3cccc(C(=O)N4CCC(Nc5ncc(I)cn5)CC4)c3)nc12. The van der Waals surface area contributed by atoms with Crippen molar-refractivity contribution < 1.29 is 14.4 Å². The number of anilines is 2. The van der Waals surface area contributed by atoms with Crippen LogP contribution in [0.3, 0.4) is 0 Å². The molecule has 12 heteroatoms. The van der Waals surface area contributed by atoms with Crippen molar-refractivity contribution in [3.05, 3.63) is 75.1 Å². The standard InChI is InChI=1S/C25H23IN8O3/c26-16-12-28-24(29-13-16)30-17-7-9-34(10-8-17)23(37)15-4-1-3-14(11-15)22(36)33-25-31-19-6-2-5-18(21(27)35)20(19)32-25/h1-6,11-13,17H,7-10H2,(H2,27,35)(H,28,29,30)(H2,31,32,33,36). The van der Waals surface area contributed by atoms with Crippen LogP contribution in [0.2, 0.25) is 0 Å². The average Bonchev–Trinajstić information content (AvgIpc) is 3.32. The number of amides is 3. The molecule has 4 aromatic rings. The van der Waals surface area contributed by atoms with Gasteiger partial charge in [-0.25, -0.2) is 15.0 Å². The molecule has 0 aliphatic carbocycles. The van der Waals surface area contributed by atoms with Gasteiger partial charge in [-0.15, -0.1) is 0 Å². The monoisotopic (exact) mass is 610 g/mol. The number of hydrogen-bond acceptors (Lipinski definition) is 7. The van der Waals surface area contributed by atoms with Gasteiger partial charge in [-0.05, 0) is 65.8 Å². The number of carbonyl (C=O) groups is 3. The Balaban J connectivity index is 1.22. The number of aromatic amines is 1. The predicted octanol–water partition coefficient (Wildman–Crippen LogP) is 3.03. The fourth-order valence-corrected chi connectivity index (χ4v) is 4.52. The van der Waals surface area contributed by atoms with Crippen molar-refractivity contribution in [2.75, 3.05) is 23.7 Å². The Kier molecular flexibility index (Phi) is 6.99. The van der Waals surface area contributed by atoms with E-state index >= 15 is 0 Å². The molecule has 188 valence electrons. The maximum Gasteiger partial charge on any atom is 0.257 e. The Morgan fingerprint density at radius 1 is 1.03 bits per heavy atom. The number of carbonyl (C=O) groups excluding carboxylic acids is 3. The molecular weight excluding hydrogens is 587 g/mol. The van der Waals surface area contributed by atoms with Crippen LogP contribution in [0.15, 0.2) is 54.9 Å². The van der Waals surface area contributed by atoms with Crippen LogP contribution < -0.4 is 16.4 Å². The molecule has 1 saturated heterocycles. The lowest BCUT2D eigenvalue weighted by Gasteiger charge is -2.32. The number of nitrogens with zero attached hydrogens (tertiary/aromatic N) is 4. The Labute approximate surface area is 225 Å². The lowest BCUT2D eigenvalue weighted by Crippen LogP contribution is -2.42. The third-order valence-electron chi connectivity index (χ3n) is 6.12. The zero-order chi connectivity index (χ0) is 25.9. The van der Waals surface area contributed by atoms with E-state index in [1.54, 1.807) is 59.8 Å². The fraction of sp³-hybridized carbons (Fsp3) is 0.200. The third kappa shape index (κ3) is 5.53. The number of halogens is 1. The highest BCUT2D eigenvalue weighted by atomic mass is 127. The molecule has 0 spiro atoms. The molecule has 5 rings (SSSR count). The lowest BCUT2D eigenvalue weighted by atomic mass is 10.0. The van der Waals surface area contributed by atoms with E-state index in [9.17, 15) is 14.4 Å². The van der Waals surface area contributed by atoms with Crippen LogP contribution in [0, 0.1) is 3.57 Å². The number of nitrogens with one attached hydrogen (secondary N) is 3. The number of primary amides is 1. The van der Waals surface area contributed by atoms with Gasteiger partial charge in [0, 0.05) is 46.2 Å². The summed E-state index contributed by atoms with van der Waals surface area (Å²) in [5.74, 6) is -0.413. The molecular formula is C25H23IN8O3. The summed E-state index contributed by atoms with van der Waals surface area (Å²) in [5, 5.41) is 6.01. The van der Waals surface area contributed by atoms with Crippen LogP contribution in [-0.4, -0.2) is 61.7 Å². The van der Waals surface area contributed by atoms with E-state index in [0.717, 1.165) is 16.4 Å². The summed E-state index contributed by atoms with van der Waals surface area (Å²) in [6.07, 6.45) is 5.04. The summed E-state index contributed by atoms with van der Waals surface area (Å²) in [6, 6.07) is 11.7. The molecule has 37 heavy (non-hydrogen) atoms. The Hall–Kier alpha value is -4.07. The molecule has 2 aromatic heterocycles. The average molecular weight is 610 g/mol. The lowest BCUT2D eigenvalue weighted by molar-refractivity contribution is 0.0718. The summed E-state index contributed by atoms with van der Waals surface area (Å²) < 4.78 is 0.967. The second-order valence-corrected chi connectivity index (χ2v) is 9.87. The second-order valence-electron chi connectivity index (χ2n) is 8.62. The Morgan fingerprint density at radius 2 is 1.73 bits per heavy atom. The first-order chi connectivity index (χ1) is 17.9. The normalized spacial score (nSPS) is 13.9. The highest BCUT2D eigenvalue weighted by molar-refractivity contribution is 14.1. The van der Waals surface area contributed by atoms with Gasteiger partial charge in [0.05, 0.1) is 11.1 Å². The first-order valence-corrected chi connectivity index (χ1v) is 12.7. The molecule has 1 aliphatic heterocycles. The maximum atomic E-state index is 13.1. The highest BCUT2D eigenvalue weighted by Gasteiger charge is 2.25. The van der Waals surface area contributed by atoms with Gasteiger partial charge in [0.2, 0.25) is 11.9 Å². The second kappa shape index (κ2) is 10.5. The Morgan fingerprint density at radius 3 is 2.46 bits per heavy atom. The van der Waals surface area contributed by atoms with Crippen molar-refractivity contribution in [1.82, 2.24) is 24.8 Å². The van der Waals surface area contributed by atoms with Crippen molar-refractivity contribution in [3.63, 3.8) is 0 Å². The van der Waals surface area contributed by atoms with Crippen molar-refractivity contribution >= 4 is 63.2 Å². The Bertz CT molecular complexity index is 1480. The molecule has 0 radical (unpaired) electrons. The summed E-state index contributed by atoms with van der Waals surface area (Å²) in [6.45, 7) is 1.16. The number of nitrogens with two attached hydrogens (primary N) is 1. The fourth-order valence-electron chi connectivity index (χ4n) is 4.24. The minimum absolute atomic E-state index is 0.131. The summed E-state index contributed by atoms with van der Waals surface area (Å²) in [7, 11) is 0. The summed E-state index contributed by atoms with van der Waals surface area (Å²) in [5.41, 5.74) is 7.36. The van der Waals surface area contributed by atoms with Gasteiger partial charge in [-0.2, -0.15) is 0 Å². The van der Waals surface area contributed by atoms with Crippen molar-refractivity contribution in [1.29, 1.82) is 0 Å². The van der Waals surface area contributed by atoms with Gasteiger partial charge in [-0.1, -0.05) is 12.1 Å². The van der Waals surface area contributed by atoms with E-state index in [1.165, 1.54) is 0 Å².